The summed E-state index contributed by atoms with van der Waals surface area (Å²) in [5.74, 6) is 1.75. The Labute approximate surface area is 203 Å². The van der Waals surface area contributed by atoms with E-state index in [0.29, 0.717) is 30.2 Å². The zero-order valence-electron chi connectivity index (χ0n) is 19.5. The van der Waals surface area contributed by atoms with Crippen LogP contribution in [0.1, 0.15) is 30.1 Å². The first-order chi connectivity index (χ1) is 17.0. The number of rotatable bonds is 8. The Morgan fingerprint density at radius 1 is 1.20 bits per heavy atom. The molecule has 0 aliphatic carbocycles. The lowest BCUT2D eigenvalue weighted by Gasteiger charge is -2.34. The topological polar surface area (TPSA) is 123 Å². The van der Waals surface area contributed by atoms with E-state index in [4.69, 9.17) is 14.2 Å². The van der Waals surface area contributed by atoms with Crippen LogP contribution in [0.3, 0.4) is 0 Å². The van der Waals surface area contributed by atoms with E-state index in [-0.39, 0.29) is 23.7 Å². The summed E-state index contributed by atoms with van der Waals surface area (Å²) in [6.07, 6.45) is 2.89. The van der Waals surface area contributed by atoms with E-state index in [1.807, 2.05) is 24.3 Å². The Balaban J connectivity index is 1.17. The van der Waals surface area contributed by atoms with E-state index >= 15 is 0 Å². The molecule has 0 spiro atoms. The molecule has 1 atom stereocenters. The number of hydrogen-bond acceptors (Lipinski definition) is 10. The Morgan fingerprint density at radius 3 is 2.71 bits per heavy atom. The number of piperidine rings is 1. The Morgan fingerprint density at radius 2 is 1.97 bits per heavy atom. The largest absolute Gasteiger partial charge is 0.733 e. The van der Waals surface area contributed by atoms with Crippen LogP contribution in [0.4, 0.5) is 5.69 Å². The fourth-order valence-electron chi connectivity index (χ4n) is 4.77. The molecule has 10 heteroatoms. The van der Waals surface area contributed by atoms with Gasteiger partial charge in [-0.3, -0.25) is 10.2 Å². The number of anilines is 1. The van der Waals surface area contributed by atoms with Crippen LogP contribution in [-0.4, -0.2) is 59.8 Å². The van der Waals surface area contributed by atoms with E-state index in [2.05, 4.69) is 15.2 Å². The molecule has 186 valence electrons. The van der Waals surface area contributed by atoms with Gasteiger partial charge in [0.25, 0.3) is 0 Å². The number of benzene rings is 2. The molecule has 3 aromatic rings. The summed E-state index contributed by atoms with van der Waals surface area (Å²) in [4.78, 5) is 6.65. The number of hydrogen-bond donors (Lipinski definition) is 3. The standard InChI is InChI=1S/C25H29N4O6/c1-33-18-2-3-21-20(11-18)19(4-7-26-21)23(30)14-28-8-5-17(6-9-28)27-13-16-10-24-25(35-15-34-24)12-22(16)29(31)32/h2-4,7,10-12,17,23,27,30-31H,5-6,8-9,13-15H2,1H3/q-1/t23-/m0/s1. The van der Waals surface area contributed by atoms with E-state index in [9.17, 15) is 15.5 Å². The van der Waals surface area contributed by atoms with Crippen molar-refractivity contribution in [3.05, 3.63) is 58.9 Å². The Hall–Kier alpha value is -3.15. The average Bonchev–Trinajstić information content (AvgIpc) is 3.34. The SMILES string of the molecule is COc1ccc2nccc([C@@H](O)CN3CCC(NCc4cc5c(cc4N([O-])O)OCO5)CC3)c2c1. The fraction of sp³-hybridized carbons (Fsp3) is 0.400. The van der Waals surface area contributed by atoms with E-state index in [1.54, 1.807) is 19.4 Å². The number of fused-ring (bicyclic) bond motifs is 2. The maximum atomic E-state index is 11.6. The van der Waals surface area contributed by atoms with Gasteiger partial charge >= 0.3 is 0 Å². The fourth-order valence-corrected chi connectivity index (χ4v) is 4.77. The predicted molar refractivity (Wildman–Crippen MR) is 130 cm³/mol. The second kappa shape index (κ2) is 10.2. The summed E-state index contributed by atoms with van der Waals surface area (Å²) in [6, 6.07) is 11.0. The van der Waals surface area contributed by atoms with Gasteiger partial charge in [0, 0.05) is 36.8 Å². The Bertz CT molecular complexity index is 1180. The van der Waals surface area contributed by atoms with Crippen molar-refractivity contribution in [1.29, 1.82) is 0 Å². The van der Waals surface area contributed by atoms with E-state index in [1.165, 1.54) is 6.07 Å². The van der Waals surface area contributed by atoms with Crippen molar-refractivity contribution >= 4 is 16.6 Å². The van der Waals surface area contributed by atoms with Crippen LogP contribution in [-0.2, 0) is 6.54 Å². The van der Waals surface area contributed by atoms with Crippen molar-refractivity contribution in [2.75, 3.05) is 38.8 Å². The minimum absolute atomic E-state index is 0.100. The number of likely N-dealkylation sites (tertiary alicyclic amines) is 1. The highest BCUT2D eigenvalue weighted by atomic mass is 16.8. The second-order valence-corrected chi connectivity index (χ2v) is 8.86. The summed E-state index contributed by atoms with van der Waals surface area (Å²) in [6.45, 7) is 2.73. The molecule has 5 rings (SSSR count). The number of β-amino-alcohol motifs (C(OH)–C–C–N with tert-alkyl or cyclic N) is 1. The normalized spacial score (nSPS) is 17.0. The molecular weight excluding hydrogens is 452 g/mol. The van der Waals surface area contributed by atoms with Gasteiger partial charge < -0.3 is 40.0 Å². The van der Waals surface area contributed by atoms with Crippen LogP contribution < -0.4 is 24.8 Å². The summed E-state index contributed by atoms with van der Waals surface area (Å²) in [5, 5.41) is 36.3. The smallest absolute Gasteiger partial charge is 0.231 e. The molecule has 3 N–H and O–H groups in total. The summed E-state index contributed by atoms with van der Waals surface area (Å²) in [5.41, 5.74) is 2.46. The molecule has 2 aliphatic heterocycles. The third-order valence-corrected chi connectivity index (χ3v) is 6.72. The number of pyridine rings is 1. The molecule has 2 aromatic carbocycles. The minimum Gasteiger partial charge on any atom is -0.733 e. The summed E-state index contributed by atoms with van der Waals surface area (Å²) >= 11 is 0. The van der Waals surface area contributed by atoms with Gasteiger partial charge in [0.2, 0.25) is 6.79 Å². The number of nitrogens with zero attached hydrogens (tertiary/aromatic N) is 3. The first-order valence-corrected chi connectivity index (χ1v) is 11.7. The monoisotopic (exact) mass is 481 g/mol. The molecule has 1 fully saturated rings. The molecule has 10 nitrogen and oxygen atoms in total. The van der Waals surface area contributed by atoms with Crippen molar-refractivity contribution in [3.63, 3.8) is 0 Å². The lowest BCUT2D eigenvalue weighted by atomic mass is 10.0. The molecular formula is C25H29N4O6-. The highest BCUT2D eigenvalue weighted by molar-refractivity contribution is 5.83. The highest BCUT2D eigenvalue weighted by Crippen LogP contribution is 2.38. The highest BCUT2D eigenvalue weighted by Gasteiger charge is 2.23. The molecule has 0 unspecified atom stereocenters. The molecule has 1 aromatic heterocycles. The number of aliphatic hydroxyl groups is 1. The van der Waals surface area contributed by atoms with Gasteiger partial charge in [-0.15, -0.1) is 0 Å². The van der Waals surface area contributed by atoms with Crippen molar-refractivity contribution < 1.29 is 24.5 Å². The van der Waals surface area contributed by atoms with E-state index < -0.39 is 6.10 Å². The number of ether oxygens (including phenoxy) is 3. The molecule has 35 heavy (non-hydrogen) atoms. The lowest BCUT2D eigenvalue weighted by molar-refractivity contribution is 0.0949. The van der Waals surface area contributed by atoms with Crippen molar-refractivity contribution in [2.24, 2.45) is 0 Å². The van der Waals surface area contributed by atoms with Crippen molar-refractivity contribution in [2.45, 2.75) is 31.5 Å². The van der Waals surface area contributed by atoms with Gasteiger partial charge in [-0.2, -0.15) is 0 Å². The van der Waals surface area contributed by atoms with Gasteiger partial charge in [-0.25, -0.2) is 0 Å². The molecule has 0 radical (unpaired) electrons. The first kappa shape index (κ1) is 23.6. The zero-order chi connectivity index (χ0) is 24.4. The van der Waals surface area contributed by atoms with Gasteiger partial charge in [-0.1, -0.05) is 0 Å². The number of aromatic nitrogens is 1. The van der Waals surface area contributed by atoms with Crippen LogP contribution in [0.2, 0.25) is 0 Å². The second-order valence-electron chi connectivity index (χ2n) is 8.86. The van der Waals surface area contributed by atoms with Crippen LogP contribution in [0.25, 0.3) is 10.9 Å². The van der Waals surface area contributed by atoms with Crippen molar-refractivity contribution in [1.82, 2.24) is 15.2 Å². The number of aliphatic hydroxyl groups excluding tert-OH is 1. The molecule has 0 bridgehead atoms. The number of methoxy groups -OCH3 is 1. The summed E-state index contributed by atoms with van der Waals surface area (Å²) in [7, 11) is 1.62. The molecule has 3 heterocycles. The maximum absolute atomic E-state index is 11.6. The van der Waals surface area contributed by atoms with E-state index in [0.717, 1.165) is 48.1 Å². The van der Waals surface area contributed by atoms with Crippen LogP contribution in [0, 0.1) is 5.21 Å². The van der Waals surface area contributed by atoms with Crippen LogP contribution >= 0.6 is 0 Å². The Kier molecular flexibility index (Phi) is 6.89. The first-order valence-electron chi connectivity index (χ1n) is 11.7. The minimum atomic E-state index is -0.638. The third-order valence-electron chi connectivity index (χ3n) is 6.72. The third kappa shape index (κ3) is 5.12. The lowest BCUT2D eigenvalue weighted by Crippen LogP contribution is -2.43. The molecule has 2 aliphatic rings. The number of nitrogens with one attached hydrogen (secondary N) is 1. The quantitative estimate of drug-likeness (QED) is 0.414. The predicted octanol–water partition coefficient (Wildman–Crippen LogP) is 2.95. The molecule has 0 saturated carbocycles. The average molecular weight is 482 g/mol. The van der Waals surface area contributed by atoms with Gasteiger partial charge in [-0.05, 0) is 67.4 Å². The van der Waals surface area contributed by atoms with Gasteiger partial charge in [0.15, 0.2) is 11.5 Å². The summed E-state index contributed by atoms with van der Waals surface area (Å²) < 4.78 is 16.0. The molecule has 1 saturated heterocycles. The maximum Gasteiger partial charge on any atom is 0.231 e. The van der Waals surface area contributed by atoms with Crippen LogP contribution in [0.15, 0.2) is 42.6 Å². The van der Waals surface area contributed by atoms with Crippen LogP contribution in [0.5, 0.6) is 17.2 Å². The zero-order valence-corrected chi connectivity index (χ0v) is 19.5. The van der Waals surface area contributed by atoms with Crippen molar-refractivity contribution in [3.8, 4) is 17.2 Å². The molecule has 0 amide bonds. The van der Waals surface area contributed by atoms with Gasteiger partial charge in [0.1, 0.15) is 5.75 Å². The van der Waals surface area contributed by atoms with Gasteiger partial charge in [0.05, 0.1) is 24.4 Å².